The van der Waals surface area contributed by atoms with Crippen molar-refractivity contribution in [2.24, 2.45) is 0 Å². The minimum atomic E-state index is -2.49. The zero-order chi connectivity index (χ0) is 35.7. The minimum absolute atomic E-state index is 0.0816. The second-order valence-corrected chi connectivity index (χ2v) is 19.5. The first-order valence-electron chi connectivity index (χ1n) is 17.3. The monoisotopic (exact) mass is 695 g/mol. The Morgan fingerprint density at radius 1 is 0.920 bits per heavy atom. The van der Waals surface area contributed by atoms with Crippen LogP contribution in [0.2, 0.25) is 16.6 Å². The molecule has 1 aliphatic rings. The van der Waals surface area contributed by atoms with Gasteiger partial charge in [0.1, 0.15) is 22.8 Å². The number of anilines is 1. The van der Waals surface area contributed by atoms with Crippen molar-refractivity contribution < 1.29 is 22.8 Å². The molecule has 5 aromatic rings. The van der Waals surface area contributed by atoms with Crippen LogP contribution >= 0.6 is 0 Å². The summed E-state index contributed by atoms with van der Waals surface area (Å²) >= 11 is 0. The van der Waals surface area contributed by atoms with Crippen LogP contribution in [0.5, 0.6) is 11.5 Å². The Hall–Kier alpha value is -4.77. The number of methoxy groups -OCH3 is 1. The smallest absolute Gasteiger partial charge is 0.315 e. The average molecular weight is 696 g/mol. The fourth-order valence-corrected chi connectivity index (χ4v) is 12.9. The minimum Gasteiger partial charge on any atom is -0.541 e. The van der Waals surface area contributed by atoms with E-state index >= 15 is 0 Å². The molecule has 1 amide bonds. The lowest BCUT2D eigenvalue weighted by atomic mass is 9.93. The van der Waals surface area contributed by atoms with Gasteiger partial charge in [-0.2, -0.15) is 0 Å². The molecule has 9 nitrogen and oxygen atoms in total. The molecule has 0 radical (unpaired) electrons. The SMILES string of the molecule is COc1ccc(CNc2nnc(Cc3c4c(c(O[Si](C(C)C)(C(C)C)C(C)C)c5ncc(Cc6ccc(F)cc6)cc35)C(=O)N(C)C4)o2)cc1. The van der Waals surface area contributed by atoms with E-state index in [9.17, 15) is 9.18 Å². The topological polar surface area (TPSA) is 103 Å². The molecule has 0 saturated carbocycles. The molecule has 0 spiro atoms. The first kappa shape index (κ1) is 35.1. The number of aromatic nitrogens is 3. The molecular formula is C39H46FN5O4Si. The molecule has 0 saturated heterocycles. The first-order valence-corrected chi connectivity index (χ1v) is 19.4. The maximum absolute atomic E-state index is 14.0. The van der Waals surface area contributed by atoms with Crippen LogP contribution in [0.4, 0.5) is 10.4 Å². The predicted octanol–water partition coefficient (Wildman–Crippen LogP) is 8.70. The molecule has 1 N–H and O–H groups in total. The zero-order valence-corrected chi connectivity index (χ0v) is 31.1. The highest BCUT2D eigenvalue weighted by Crippen LogP contribution is 2.48. The van der Waals surface area contributed by atoms with E-state index in [1.54, 1.807) is 24.1 Å². The van der Waals surface area contributed by atoms with Crippen molar-refractivity contribution in [3.8, 4) is 11.5 Å². The van der Waals surface area contributed by atoms with Crippen molar-refractivity contribution in [3.05, 3.63) is 106 Å². The van der Waals surface area contributed by atoms with Gasteiger partial charge in [-0.15, -0.1) is 5.10 Å². The van der Waals surface area contributed by atoms with E-state index in [2.05, 4.69) is 63.1 Å². The van der Waals surface area contributed by atoms with Gasteiger partial charge < -0.3 is 23.8 Å². The standard InChI is InChI=1S/C39H46FN5O4Si/c1-23(2)50(24(3)4,25(5)6)49-37-35-33(22-45(7)38(35)46)31(32-18-28(21-41-36(32)37)17-26-9-13-29(40)14-10-26)19-34-43-44-39(48-34)42-20-27-11-15-30(47-8)16-12-27/h9-16,18,21,23-25H,17,19-20,22H2,1-8H3,(H,42,44). The van der Waals surface area contributed by atoms with E-state index in [0.29, 0.717) is 71.3 Å². The summed E-state index contributed by atoms with van der Waals surface area (Å²) in [6.07, 6.45) is 2.72. The Kier molecular flexibility index (Phi) is 9.97. The molecule has 0 bridgehead atoms. The number of hydrogen-bond acceptors (Lipinski definition) is 8. The number of pyridine rings is 1. The number of fused-ring (bicyclic) bond motifs is 2. The molecule has 0 fully saturated rings. The van der Waals surface area contributed by atoms with Crippen LogP contribution in [0.15, 0.2) is 65.2 Å². The van der Waals surface area contributed by atoms with Crippen LogP contribution in [-0.4, -0.2) is 48.5 Å². The van der Waals surface area contributed by atoms with Crippen molar-refractivity contribution in [1.29, 1.82) is 0 Å². The van der Waals surface area contributed by atoms with Crippen LogP contribution in [0, 0.1) is 5.82 Å². The van der Waals surface area contributed by atoms with Gasteiger partial charge in [-0.05, 0) is 81.2 Å². The Labute approximate surface area is 294 Å². The number of nitrogens with zero attached hydrogens (tertiary/aromatic N) is 4. The van der Waals surface area contributed by atoms with Gasteiger partial charge >= 0.3 is 6.01 Å². The summed E-state index contributed by atoms with van der Waals surface area (Å²) in [4.78, 5) is 20.8. The van der Waals surface area contributed by atoms with Crippen LogP contribution in [-0.2, 0) is 25.9 Å². The number of amides is 1. The summed E-state index contributed by atoms with van der Waals surface area (Å²) < 4.78 is 32.4. The number of carbonyl (C=O) groups is 1. The lowest BCUT2D eigenvalue weighted by Gasteiger charge is -2.42. The quantitative estimate of drug-likeness (QED) is 0.122. The third kappa shape index (κ3) is 6.70. The lowest BCUT2D eigenvalue weighted by Crippen LogP contribution is -2.51. The molecule has 3 aromatic carbocycles. The summed E-state index contributed by atoms with van der Waals surface area (Å²) in [5.41, 5.74) is 6.88. The van der Waals surface area contributed by atoms with Crippen molar-refractivity contribution in [1.82, 2.24) is 20.1 Å². The fraction of sp³-hybridized carbons (Fsp3) is 0.385. The molecule has 0 aliphatic carbocycles. The molecule has 6 rings (SSSR count). The largest absolute Gasteiger partial charge is 0.541 e. The molecule has 0 atom stereocenters. The number of carbonyl (C=O) groups excluding carboxylic acids is 1. The summed E-state index contributed by atoms with van der Waals surface area (Å²) in [7, 11) is 0.966. The third-order valence-electron chi connectivity index (χ3n) is 10.0. The van der Waals surface area contributed by atoms with Gasteiger partial charge in [0.2, 0.25) is 5.89 Å². The second kappa shape index (κ2) is 14.2. The van der Waals surface area contributed by atoms with E-state index in [0.717, 1.165) is 39.0 Å². The number of hydrogen-bond donors (Lipinski definition) is 1. The highest BCUT2D eigenvalue weighted by atomic mass is 28.4. The first-order chi connectivity index (χ1) is 23.9. The molecule has 0 unspecified atom stereocenters. The van der Waals surface area contributed by atoms with Gasteiger partial charge in [0, 0.05) is 31.7 Å². The maximum Gasteiger partial charge on any atom is 0.315 e. The van der Waals surface area contributed by atoms with Gasteiger partial charge in [0.05, 0.1) is 19.1 Å². The van der Waals surface area contributed by atoms with Crippen LogP contribution < -0.4 is 14.5 Å². The molecule has 1 aliphatic heterocycles. The molecule has 2 aromatic heterocycles. The normalized spacial score (nSPS) is 13.2. The highest BCUT2D eigenvalue weighted by molar-refractivity contribution is 6.78. The number of rotatable bonds is 13. The number of benzene rings is 3. The van der Waals surface area contributed by atoms with Crippen LogP contribution in [0.25, 0.3) is 10.9 Å². The van der Waals surface area contributed by atoms with Gasteiger partial charge in [0.15, 0.2) is 0 Å². The molecule has 3 heterocycles. The van der Waals surface area contributed by atoms with E-state index in [-0.39, 0.29) is 11.7 Å². The lowest BCUT2D eigenvalue weighted by molar-refractivity contribution is 0.0815. The Morgan fingerprint density at radius 3 is 2.22 bits per heavy atom. The van der Waals surface area contributed by atoms with Crippen molar-refractivity contribution in [3.63, 3.8) is 0 Å². The highest BCUT2D eigenvalue weighted by Gasteiger charge is 2.49. The predicted molar refractivity (Wildman–Crippen MR) is 196 cm³/mol. The van der Waals surface area contributed by atoms with E-state index in [1.807, 2.05) is 37.5 Å². The fourth-order valence-electron chi connectivity index (χ4n) is 7.62. The number of nitrogens with one attached hydrogen (secondary N) is 1. The number of halogens is 1. The van der Waals surface area contributed by atoms with Crippen LogP contribution in [0.3, 0.4) is 0 Å². The van der Waals surface area contributed by atoms with E-state index < -0.39 is 8.32 Å². The van der Waals surface area contributed by atoms with Gasteiger partial charge in [-0.3, -0.25) is 9.78 Å². The Balaban J connectivity index is 1.45. The summed E-state index contributed by atoms with van der Waals surface area (Å²) in [6, 6.07) is 16.7. The van der Waals surface area contributed by atoms with E-state index in [4.69, 9.17) is 18.6 Å². The van der Waals surface area contributed by atoms with Crippen molar-refractivity contribution in [2.75, 3.05) is 19.5 Å². The molecular weight excluding hydrogens is 650 g/mol. The van der Waals surface area contributed by atoms with Gasteiger partial charge in [0.25, 0.3) is 14.2 Å². The van der Waals surface area contributed by atoms with Crippen molar-refractivity contribution >= 4 is 31.1 Å². The summed E-state index contributed by atoms with van der Waals surface area (Å²) in [5.74, 6) is 1.43. The van der Waals surface area contributed by atoms with Crippen LogP contribution in [0.1, 0.15) is 85.6 Å². The molecule has 50 heavy (non-hydrogen) atoms. The van der Waals surface area contributed by atoms with E-state index in [1.165, 1.54) is 12.1 Å². The maximum atomic E-state index is 14.0. The Morgan fingerprint density at radius 2 is 1.58 bits per heavy atom. The van der Waals surface area contributed by atoms with Gasteiger partial charge in [-0.25, -0.2) is 4.39 Å². The second-order valence-electron chi connectivity index (χ2n) is 14.2. The average Bonchev–Trinajstić information content (AvgIpc) is 3.67. The Bertz CT molecular complexity index is 1970. The summed E-state index contributed by atoms with van der Waals surface area (Å²) in [6.45, 7) is 14.3. The summed E-state index contributed by atoms with van der Waals surface area (Å²) in [5, 5.41) is 12.8. The van der Waals surface area contributed by atoms with Gasteiger partial charge in [-0.1, -0.05) is 70.9 Å². The third-order valence-corrected chi connectivity index (χ3v) is 16.0. The molecule has 11 heteroatoms. The van der Waals surface area contributed by atoms with Crippen molar-refractivity contribution in [2.45, 2.75) is 84.1 Å². The molecule has 262 valence electrons. The number of ether oxygens (including phenoxy) is 1. The zero-order valence-electron chi connectivity index (χ0n) is 30.1.